The van der Waals surface area contributed by atoms with E-state index >= 15 is 0 Å². The van der Waals surface area contributed by atoms with Crippen LogP contribution in [0.1, 0.15) is 38.2 Å². The zero-order chi connectivity index (χ0) is 12.5. The smallest absolute Gasteiger partial charge is 0.0624 e. The molecule has 0 aromatic heterocycles. The quantitative estimate of drug-likeness (QED) is 0.864. The van der Waals surface area contributed by atoms with E-state index in [1.807, 2.05) is 18.2 Å². The van der Waals surface area contributed by atoms with Gasteiger partial charge in [0.2, 0.25) is 0 Å². The molecule has 2 N–H and O–H groups in total. The van der Waals surface area contributed by atoms with Crippen LogP contribution in [0.25, 0.3) is 0 Å². The van der Waals surface area contributed by atoms with Gasteiger partial charge in [0.15, 0.2) is 0 Å². The van der Waals surface area contributed by atoms with Crippen molar-refractivity contribution in [1.29, 1.82) is 0 Å². The van der Waals surface area contributed by atoms with Crippen LogP contribution in [-0.2, 0) is 6.42 Å². The Hall–Kier alpha value is -0.240. The molecule has 1 unspecified atom stereocenters. The van der Waals surface area contributed by atoms with E-state index in [1.165, 1.54) is 25.7 Å². The number of rotatable bonds is 3. The number of hydrogen-bond acceptors (Lipinski definition) is 1. The minimum atomic E-state index is 0.168. The molecule has 0 radical (unpaired) electrons. The monoisotopic (exact) mass is 271 g/mol. The van der Waals surface area contributed by atoms with Gasteiger partial charge < -0.3 is 5.73 Å². The second-order valence-corrected chi connectivity index (χ2v) is 6.17. The van der Waals surface area contributed by atoms with E-state index in [9.17, 15) is 0 Å². The molecule has 1 aliphatic rings. The Bertz CT molecular complexity index is 397. The van der Waals surface area contributed by atoms with Gasteiger partial charge in [0.05, 0.1) is 10.0 Å². The van der Waals surface area contributed by atoms with Crippen molar-refractivity contribution in [2.45, 2.75) is 45.1 Å². The van der Waals surface area contributed by atoms with Crippen molar-refractivity contribution in [1.82, 2.24) is 0 Å². The third-order valence-corrected chi connectivity index (χ3v) is 4.97. The molecule has 1 aromatic rings. The van der Waals surface area contributed by atoms with Crippen molar-refractivity contribution < 1.29 is 0 Å². The molecule has 3 heteroatoms. The molecule has 17 heavy (non-hydrogen) atoms. The van der Waals surface area contributed by atoms with E-state index in [1.54, 1.807) is 0 Å². The second-order valence-electron chi connectivity index (χ2n) is 5.38. The van der Waals surface area contributed by atoms with Crippen LogP contribution in [0.2, 0.25) is 10.0 Å². The van der Waals surface area contributed by atoms with Gasteiger partial charge in [-0.2, -0.15) is 0 Å². The molecule has 0 spiro atoms. The van der Waals surface area contributed by atoms with Crippen LogP contribution in [0.3, 0.4) is 0 Å². The maximum atomic E-state index is 6.36. The molecular formula is C14H19Cl2N. The summed E-state index contributed by atoms with van der Waals surface area (Å²) in [6.45, 7) is 2.29. The first-order valence-corrected chi connectivity index (χ1v) is 6.97. The Morgan fingerprint density at radius 1 is 1.29 bits per heavy atom. The van der Waals surface area contributed by atoms with Crippen LogP contribution in [0.5, 0.6) is 0 Å². The summed E-state index contributed by atoms with van der Waals surface area (Å²) in [7, 11) is 0. The summed E-state index contributed by atoms with van der Waals surface area (Å²) in [4.78, 5) is 0. The van der Waals surface area contributed by atoms with Crippen molar-refractivity contribution in [2.24, 2.45) is 11.1 Å². The zero-order valence-corrected chi connectivity index (χ0v) is 11.7. The third kappa shape index (κ3) is 2.78. The van der Waals surface area contributed by atoms with Crippen molar-refractivity contribution in [3.63, 3.8) is 0 Å². The molecule has 1 aromatic carbocycles. The van der Waals surface area contributed by atoms with Crippen LogP contribution in [0.15, 0.2) is 18.2 Å². The molecule has 0 saturated heterocycles. The fraction of sp³-hybridized carbons (Fsp3) is 0.571. The van der Waals surface area contributed by atoms with Crippen LogP contribution in [0, 0.1) is 5.41 Å². The van der Waals surface area contributed by atoms with Crippen LogP contribution < -0.4 is 5.73 Å². The lowest BCUT2D eigenvalue weighted by Crippen LogP contribution is -2.39. The first kappa shape index (κ1) is 13.2. The molecule has 1 fully saturated rings. The van der Waals surface area contributed by atoms with Gasteiger partial charge in [0, 0.05) is 6.04 Å². The van der Waals surface area contributed by atoms with E-state index in [4.69, 9.17) is 28.9 Å². The minimum Gasteiger partial charge on any atom is -0.327 e. The largest absolute Gasteiger partial charge is 0.327 e. The standard InChI is InChI=1S/C14H19Cl2N/c1-14(7-2-3-8-14)12(17)9-10-5-4-6-11(15)13(10)16/h4-6,12H,2-3,7-9,17H2,1H3. The van der Waals surface area contributed by atoms with Crippen LogP contribution >= 0.6 is 23.2 Å². The summed E-state index contributed by atoms with van der Waals surface area (Å²) in [5.41, 5.74) is 7.70. The Morgan fingerprint density at radius 3 is 2.59 bits per heavy atom. The molecule has 2 rings (SSSR count). The fourth-order valence-electron chi connectivity index (χ4n) is 2.74. The molecule has 0 amide bonds. The lowest BCUT2D eigenvalue weighted by molar-refractivity contribution is 0.260. The average Bonchev–Trinajstić information content (AvgIpc) is 2.73. The van der Waals surface area contributed by atoms with Gasteiger partial charge in [-0.3, -0.25) is 0 Å². The number of benzene rings is 1. The van der Waals surface area contributed by atoms with E-state index in [0.29, 0.717) is 10.0 Å². The van der Waals surface area contributed by atoms with Crippen LogP contribution in [-0.4, -0.2) is 6.04 Å². The second kappa shape index (κ2) is 5.17. The van der Waals surface area contributed by atoms with E-state index in [2.05, 4.69) is 6.92 Å². The normalized spacial score (nSPS) is 20.5. The maximum Gasteiger partial charge on any atom is 0.0624 e. The Kier molecular flexibility index (Phi) is 4.02. The predicted octanol–water partition coefficient (Wildman–Crippen LogP) is 4.44. The minimum absolute atomic E-state index is 0.168. The molecule has 1 atom stereocenters. The van der Waals surface area contributed by atoms with E-state index < -0.39 is 0 Å². The lowest BCUT2D eigenvalue weighted by atomic mass is 9.78. The summed E-state index contributed by atoms with van der Waals surface area (Å²) < 4.78 is 0. The van der Waals surface area contributed by atoms with Gasteiger partial charge in [-0.1, -0.05) is 55.1 Å². The highest BCUT2D eigenvalue weighted by Gasteiger charge is 2.34. The number of halogens is 2. The highest BCUT2D eigenvalue weighted by atomic mass is 35.5. The van der Waals surface area contributed by atoms with Gasteiger partial charge >= 0.3 is 0 Å². The highest BCUT2D eigenvalue weighted by molar-refractivity contribution is 6.42. The van der Waals surface area contributed by atoms with Gasteiger partial charge in [-0.25, -0.2) is 0 Å². The molecule has 1 nitrogen and oxygen atoms in total. The van der Waals surface area contributed by atoms with Gasteiger partial charge in [0.25, 0.3) is 0 Å². The first-order valence-electron chi connectivity index (χ1n) is 6.21. The van der Waals surface area contributed by atoms with Crippen molar-refractivity contribution in [3.05, 3.63) is 33.8 Å². The molecule has 0 heterocycles. The number of hydrogen-bond donors (Lipinski definition) is 1. The fourth-order valence-corrected chi connectivity index (χ4v) is 3.14. The first-order chi connectivity index (χ1) is 8.03. The topological polar surface area (TPSA) is 26.0 Å². The van der Waals surface area contributed by atoms with Crippen molar-refractivity contribution >= 4 is 23.2 Å². The Balaban J connectivity index is 2.12. The molecular weight excluding hydrogens is 253 g/mol. The van der Waals surface area contributed by atoms with E-state index in [0.717, 1.165) is 12.0 Å². The highest BCUT2D eigenvalue weighted by Crippen LogP contribution is 2.41. The third-order valence-electron chi connectivity index (χ3n) is 4.11. The molecule has 0 bridgehead atoms. The summed E-state index contributed by atoms with van der Waals surface area (Å²) in [6.07, 6.45) is 5.87. The lowest BCUT2D eigenvalue weighted by Gasteiger charge is -2.31. The zero-order valence-electron chi connectivity index (χ0n) is 10.2. The molecule has 0 aliphatic heterocycles. The summed E-state index contributed by atoms with van der Waals surface area (Å²) >= 11 is 12.2. The SMILES string of the molecule is CC1(C(N)Cc2cccc(Cl)c2Cl)CCCC1. The van der Waals surface area contributed by atoms with Gasteiger partial charge in [0.1, 0.15) is 0 Å². The Labute approximate surface area is 113 Å². The number of nitrogens with two attached hydrogens (primary N) is 1. The van der Waals surface area contributed by atoms with Gasteiger partial charge in [-0.15, -0.1) is 0 Å². The predicted molar refractivity (Wildman–Crippen MR) is 74.7 cm³/mol. The van der Waals surface area contributed by atoms with E-state index in [-0.39, 0.29) is 11.5 Å². The molecule has 94 valence electrons. The summed E-state index contributed by atoms with van der Waals surface area (Å²) in [5, 5.41) is 1.28. The molecule has 1 aliphatic carbocycles. The summed E-state index contributed by atoms with van der Waals surface area (Å²) in [6, 6.07) is 5.94. The van der Waals surface area contributed by atoms with Gasteiger partial charge in [-0.05, 0) is 36.3 Å². The Morgan fingerprint density at radius 2 is 1.94 bits per heavy atom. The van der Waals surface area contributed by atoms with Crippen molar-refractivity contribution in [2.75, 3.05) is 0 Å². The molecule has 1 saturated carbocycles. The summed E-state index contributed by atoms with van der Waals surface area (Å²) in [5.74, 6) is 0. The average molecular weight is 272 g/mol. The van der Waals surface area contributed by atoms with Crippen molar-refractivity contribution in [3.8, 4) is 0 Å². The maximum absolute atomic E-state index is 6.36. The van der Waals surface area contributed by atoms with Crippen LogP contribution in [0.4, 0.5) is 0 Å².